The molecule has 0 aliphatic carbocycles. The highest BCUT2D eigenvalue weighted by atomic mass is 16.5. The third-order valence-electron chi connectivity index (χ3n) is 2.20. The molecule has 0 saturated heterocycles. The van der Waals surface area contributed by atoms with Crippen LogP contribution < -0.4 is 5.32 Å². The molecular weight excluding hydrogens is 192 g/mol. The molecular formula is C10H14N4O. The first-order valence-corrected chi connectivity index (χ1v) is 4.85. The second kappa shape index (κ2) is 4.27. The molecule has 0 aliphatic rings. The molecule has 2 rings (SSSR count). The van der Waals surface area contributed by atoms with Crippen LogP contribution in [0.4, 0.5) is 0 Å². The lowest BCUT2D eigenvalue weighted by Crippen LogP contribution is -2.14. The highest BCUT2D eigenvalue weighted by molar-refractivity contribution is 5.08. The summed E-state index contributed by atoms with van der Waals surface area (Å²) < 4.78 is 6.85. The van der Waals surface area contributed by atoms with E-state index >= 15 is 0 Å². The van der Waals surface area contributed by atoms with Crippen molar-refractivity contribution in [2.24, 2.45) is 7.05 Å². The molecule has 0 radical (unpaired) electrons. The minimum absolute atomic E-state index is 0.685. The fourth-order valence-electron chi connectivity index (χ4n) is 1.48. The van der Waals surface area contributed by atoms with Crippen LogP contribution in [0.5, 0.6) is 0 Å². The van der Waals surface area contributed by atoms with Crippen molar-refractivity contribution in [2.75, 3.05) is 0 Å². The first kappa shape index (κ1) is 9.92. The van der Waals surface area contributed by atoms with Crippen molar-refractivity contribution in [1.82, 2.24) is 20.3 Å². The molecule has 0 fully saturated rings. The molecule has 0 bridgehead atoms. The van der Waals surface area contributed by atoms with Crippen molar-refractivity contribution < 1.29 is 4.52 Å². The summed E-state index contributed by atoms with van der Waals surface area (Å²) in [4.78, 5) is 0. The van der Waals surface area contributed by atoms with Gasteiger partial charge in [-0.1, -0.05) is 5.16 Å². The van der Waals surface area contributed by atoms with Crippen LogP contribution in [0.15, 0.2) is 22.9 Å². The number of hydrogen-bond donors (Lipinski definition) is 1. The molecule has 5 nitrogen and oxygen atoms in total. The minimum atomic E-state index is 0.685. The number of aromatic nitrogens is 3. The Kier molecular flexibility index (Phi) is 2.82. The van der Waals surface area contributed by atoms with Gasteiger partial charge in [0, 0.05) is 19.7 Å². The Morgan fingerprint density at radius 2 is 2.33 bits per heavy atom. The van der Waals surface area contributed by atoms with E-state index in [2.05, 4.69) is 21.6 Å². The van der Waals surface area contributed by atoms with Crippen LogP contribution in [0, 0.1) is 6.92 Å². The van der Waals surface area contributed by atoms with Gasteiger partial charge in [0.2, 0.25) is 0 Å². The topological polar surface area (TPSA) is 55.9 Å². The van der Waals surface area contributed by atoms with Gasteiger partial charge in [0.15, 0.2) is 0 Å². The molecule has 5 heteroatoms. The Labute approximate surface area is 88.1 Å². The van der Waals surface area contributed by atoms with Crippen LogP contribution in [0.25, 0.3) is 0 Å². The lowest BCUT2D eigenvalue weighted by Gasteiger charge is -2.02. The molecule has 0 spiro atoms. The van der Waals surface area contributed by atoms with Crippen molar-refractivity contribution in [3.05, 3.63) is 35.5 Å². The van der Waals surface area contributed by atoms with E-state index in [-0.39, 0.29) is 0 Å². The smallest absolute Gasteiger partial charge is 0.150 e. The van der Waals surface area contributed by atoms with Gasteiger partial charge in [0.25, 0.3) is 0 Å². The summed E-state index contributed by atoms with van der Waals surface area (Å²) in [6.45, 7) is 3.45. The Morgan fingerprint density at radius 3 is 2.93 bits per heavy atom. The summed E-state index contributed by atoms with van der Waals surface area (Å²) in [5, 5.41) is 11.2. The molecule has 0 atom stereocenters. The third-order valence-corrected chi connectivity index (χ3v) is 2.20. The highest BCUT2D eigenvalue weighted by Gasteiger charge is 2.02. The molecule has 2 aromatic heterocycles. The Morgan fingerprint density at radius 1 is 1.47 bits per heavy atom. The van der Waals surface area contributed by atoms with E-state index in [4.69, 9.17) is 4.52 Å². The van der Waals surface area contributed by atoms with Crippen molar-refractivity contribution in [3.8, 4) is 0 Å². The van der Waals surface area contributed by atoms with Crippen LogP contribution >= 0.6 is 0 Å². The van der Waals surface area contributed by atoms with E-state index in [1.807, 2.05) is 24.7 Å². The summed E-state index contributed by atoms with van der Waals surface area (Å²) in [7, 11) is 1.94. The first-order valence-electron chi connectivity index (χ1n) is 4.85. The van der Waals surface area contributed by atoms with Gasteiger partial charge in [0.1, 0.15) is 5.76 Å². The number of nitrogens with zero attached hydrogens (tertiary/aromatic N) is 3. The molecule has 0 aliphatic heterocycles. The SMILES string of the molecule is Cc1cc(CNCc2ccno2)n(C)n1. The molecule has 1 N–H and O–H groups in total. The second-order valence-corrected chi connectivity index (χ2v) is 3.48. The van der Waals surface area contributed by atoms with Crippen LogP contribution in [0.2, 0.25) is 0 Å². The normalized spacial score (nSPS) is 10.8. The average Bonchev–Trinajstić information content (AvgIpc) is 2.77. The maximum atomic E-state index is 4.97. The van der Waals surface area contributed by atoms with E-state index in [0.717, 1.165) is 23.7 Å². The molecule has 0 amide bonds. The van der Waals surface area contributed by atoms with Gasteiger partial charge in [-0.25, -0.2) is 0 Å². The fourth-order valence-corrected chi connectivity index (χ4v) is 1.48. The van der Waals surface area contributed by atoms with Crippen LogP contribution in [-0.4, -0.2) is 14.9 Å². The maximum absolute atomic E-state index is 4.97. The standard InChI is InChI=1S/C10H14N4O/c1-8-5-9(14(2)13-8)6-11-7-10-3-4-12-15-10/h3-5,11H,6-7H2,1-2H3. The maximum Gasteiger partial charge on any atom is 0.150 e. The molecule has 80 valence electrons. The predicted octanol–water partition coefficient (Wildman–Crippen LogP) is 1.01. The Hall–Kier alpha value is -1.62. The number of nitrogens with one attached hydrogen (secondary N) is 1. The Bertz CT molecular complexity index is 419. The lowest BCUT2D eigenvalue weighted by molar-refractivity contribution is 0.372. The van der Waals surface area contributed by atoms with Crippen molar-refractivity contribution in [1.29, 1.82) is 0 Å². The molecule has 0 unspecified atom stereocenters. The number of rotatable bonds is 4. The summed E-state index contributed by atoms with van der Waals surface area (Å²) in [5.74, 6) is 0.842. The van der Waals surface area contributed by atoms with E-state index < -0.39 is 0 Å². The van der Waals surface area contributed by atoms with Crippen molar-refractivity contribution >= 4 is 0 Å². The Balaban J connectivity index is 1.86. The first-order chi connectivity index (χ1) is 7.25. The summed E-state index contributed by atoms with van der Waals surface area (Å²) in [6, 6.07) is 3.91. The zero-order valence-corrected chi connectivity index (χ0v) is 8.90. The van der Waals surface area contributed by atoms with Crippen molar-refractivity contribution in [3.63, 3.8) is 0 Å². The van der Waals surface area contributed by atoms with Gasteiger partial charge < -0.3 is 9.84 Å². The zero-order chi connectivity index (χ0) is 10.7. The van der Waals surface area contributed by atoms with Gasteiger partial charge in [-0.2, -0.15) is 5.10 Å². The predicted molar refractivity (Wildman–Crippen MR) is 55.0 cm³/mol. The van der Waals surface area contributed by atoms with E-state index in [1.54, 1.807) is 6.20 Å². The lowest BCUT2D eigenvalue weighted by atomic mass is 10.3. The van der Waals surface area contributed by atoms with Crippen LogP contribution in [-0.2, 0) is 20.1 Å². The van der Waals surface area contributed by atoms with Gasteiger partial charge >= 0.3 is 0 Å². The molecule has 0 aromatic carbocycles. The quantitative estimate of drug-likeness (QED) is 0.811. The second-order valence-electron chi connectivity index (χ2n) is 3.48. The van der Waals surface area contributed by atoms with Gasteiger partial charge in [-0.3, -0.25) is 4.68 Å². The molecule has 2 heterocycles. The monoisotopic (exact) mass is 206 g/mol. The zero-order valence-electron chi connectivity index (χ0n) is 8.90. The van der Waals surface area contributed by atoms with Crippen molar-refractivity contribution in [2.45, 2.75) is 20.0 Å². The average molecular weight is 206 g/mol. The largest absolute Gasteiger partial charge is 0.360 e. The number of hydrogen-bond acceptors (Lipinski definition) is 4. The minimum Gasteiger partial charge on any atom is -0.360 e. The van der Waals surface area contributed by atoms with Gasteiger partial charge in [-0.05, 0) is 13.0 Å². The fraction of sp³-hybridized carbons (Fsp3) is 0.400. The number of aryl methyl sites for hydroxylation is 2. The van der Waals surface area contributed by atoms with E-state index in [0.29, 0.717) is 6.54 Å². The van der Waals surface area contributed by atoms with E-state index in [1.165, 1.54) is 0 Å². The summed E-state index contributed by atoms with van der Waals surface area (Å²) in [6.07, 6.45) is 1.64. The van der Waals surface area contributed by atoms with Crippen LogP contribution in [0.1, 0.15) is 17.1 Å². The van der Waals surface area contributed by atoms with Gasteiger partial charge in [0.05, 0.1) is 24.1 Å². The van der Waals surface area contributed by atoms with Gasteiger partial charge in [-0.15, -0.1) is 0 Å². The third kappa shape index (κ3) is 2.44. The van der Waals surface area contributed by atoms with Crippen LogP contribution in [0.3, 0.4) is 0 Å². The highest BCUT2D eigenvalue weighted by Crippen LogP contribution is 2.02. The molecule has 2 aromatic rings. The summed E-state index contributed by atoms with van der Waals surface area (Å²) >= 11 is 0. The molecule has 0 saturated carbocycles. The van der Waals surface area contributed by atoms with E-state index in [9.17, 15) is 0 Å². The molecule has 15 heavy (non-hydrogen) atoms. The summed E-state index contributed by atoms with van der Waals surface area (Å²) in [5.41, 5.74) is 2.20.